The van der Waals surface area contributed by atoms with Crippen LogP contribution in [0.3, 0.4) is 0 Å². The van der Waals surface area contributed by atoms with Gasteiger partial charge in [0, 0.05) is 51.8 Å². The van der Waals surface area contributed by atoms with Gasteiger partial charge in [-0.15, -0.1) is 0 Å². The predicted molar refractivity (Wildman–Crippen MR) is 387 cm³/mol. The highest BCUT2D eigenvalue weighted by atomic mass is 16.3. The van der Waals surface area contributed by atoms with E-state index in [1.807, 2.05) is 121 Å². The third-order valence-corrected chi connectivity index (χ3v) is 16.3. The molecule has 4 atom stereocenters. The lowest BCUT2D eigenvalue weighted by Gasteiger charge is -2.16. The van der Waals surface area contributed by atoms with E-state index in [2.05, 4.69) is 31.2 Å². The third-order valence-electron chi connectivity index (χ3n) is 16.3. The second-order valence-corrected chi connectivity index (χ2v) is 24.0. The maximum atomic E-state index is 12.5. The lowest BCUT2D eigenvalue weighted by molar-refractivity contribution is -0.119. The number of pyridine rings is 2. The Hall–Kier alpha value is -12.5. The number of fused-ring (bicyclic) bond motifs is 3. The molecule has 9 N–H and O–H groups in total. The molecule has 0 radical (unpaired) electrons. The van der Waals surface area contributed by atoms with Crippen molar-refractivity contribution in [2.75, 3.05) is 0 Å². The summed E-state index contributed by atoms with van der Waals surface area (Å²) < 4.78 is 0. The van der Waals surface area contributed by atoms with E-state index in [-0.39, 0.29) is 76.0 Å². The number of hydrogen-bond donors (Lipinski definition) is 8. The summed E-state index contributed by atoms with van der Waals surface area (Å²) in [6.45, 7) is 5.88. The number of aromatic nitrogens is 2. The molecule has 508 valence electrons. The number of primary amides is 1. The van der Waals surface area contributed by atoms with Crippen LogP contribution in [-0.4, -0.2) is 91.9 Å². The molecule has 0 aliphatic rings. The molecular formula is C81H77N7O12. The number of carbonyl (C=O) groups is 9. The molecule has 100 heavy (non-hydrogen) atoms. The normalized spacial score (nSPS) is 11.8. The first-order valence-electron chi connectivity index (χ1n) is 32.3. The van der Waals surface area contributed by atoms with Crippen molar-refractivity contribution in [3.63, 3.8) is 0 Å². The minimum Gasteiger partial charge on any atom is -0.508 e. The summed E-state index contributed by atoms with van der Waals surface area (Å²) in [6.07, 6.45) is 2.61. The number of phenolic OH excluding ortho intramolecular Hbond substituents is 1. The number of hydrogen-bond acceptors (Lipinski definition) is 12. The van der Waals surface area contributed by atoms with Crippen LogP contribution in [0, 0.1) is 0 Å². The van der Waals surface area contributed by atoms with Crippen LogP contribution in [0.25, 0.3) is 32.6 Å². The number of amides is 5. The summed E-state index contributed by atoms with van der Waals surface area (Å²) >= 11 is 0. The number of aryl methyl sites for hydroxylation is 1. The van der Waals surface area contributed by atoms with E-state index in [1.165, 1.54) is 39.8 Å². The number of rotatable bonds is 23. The van der Waals surface area contributed by atoms with Crippen LogP contribution in [0.15, 0.2) is 252 Å². The largest absolute Gasteiger partial charge is 0.508 e. The average molecular weight is 1340 g/mol. The second kappa shape index (κ2) is 36.0. The molecule has 11 rings (SSSR count). The fraction of sp³-hybridized carbons (Fsp3) is 0.173. The zero-order valence-corrected chi connectivity index (χ0v) is 55.7. The minimum absolute atomic E-state index is 0.0806. The SMILES string of the molecule is CC(=O)C(Cc1ccccc1)NC(=O)c1ccc(CCC(N)=O)cc1.CC(=O)C(Cc1ccccc1)NC(=O)c1ccc2cc(O)ccc2c1.CC(=O)C(Cc1ccccc1)NC(=O)c1ccc2ccc(=O)[nH]c2c1.CC(=O)C(Cc1ccccc1)NC(=O)c1ccc2ccc(=O)[nH]c2c1. The maximum absolute atomic E-state index is 12.5. The summed E-state index contributed by atoms with van der Waals surface area (Å²) in [6, 6.07) is 69.5. The quantitative estimate of drug-likeness (QED) is 0.0296. The van der Waals surface area contributed by atoms with Gasteiger partial charge in [-0.2, -0.15) is 0 Å². The van der Waals surface area contributed by atoms with Crippen LogP contribution in [0.5, 0.6) is 5.75 Å². The Kier molecular flexibility index (Phi) is 26.4. The number of Topliss-reactive ketones (excluding diaryl/α,β-unsaturated/α-hetero) is 4. The molecule has 19 heteroatoms. The van der Waals surface area contributed by atoms with Gasteiger partial charge < -0.3 is 42.1 Å². The fourth-order valence-electron chi connectivity index (χ4n) is 10.6. The monoisotopic (exact) mass is 1340 g/mol. The van der Waals surface area contributed by atoms with E-state index >= 15 is 0 Å². The van der Waals surface area contributed by atoms with Gasteiger partial charge in [-0.1, -0.05) is 158 Å². The molecule has 2 heterocycles. The highest BCUT2D eigenvalue weighted by molar-refractivity contribution is 6.03. The number of nitrogens with two attached hydrogens (primary N) is 1. The minimum atomic E-state index is -0.597. The van der Waals surface area contributed by atoms with E-state index in [4.69, 9.17) is 5.73 Å². The van der Waals surface area contributed by atoms with Crippen molar-refractivity contribution in [1.82, 2.24) is 31.2 Å². The van der Waals surface area contributed by atoms with Gasteiger partial charge in [-0.05, 0) is 182 Å². The van der Waals surface area contributed by atoms with Gasteiger partial charge in [0.2, 0.25) is 17.0 Å². The molecule has 0 saturated heterocycles. The number of benzene rings is 9. The Morgan fingerprint density at radius 1 is 0.340 bits per heavy atom. The van der Waals surface area contributed by atoms with Gasteiger partial charge in [0.05, 0.1) is 24.2 Å². The first-order chi connectivity index (χ1) is 48.0. The van der Waals surface area contributed by atoms with E-state index in [9.17, 15) is 57.8 Å². The molecular weight excluding hydrogens is 1260 g/mol. The summed E-state index contributed by atoms with van der Waals surface area (Å²) in [7, 11) is 0. The zero-order valence-electron chi connectivity index (χ0n) is 55.7. The smallest absolute Gasteiger partial charge is 0.251 e. The summed E-state index contributed by atoms with van der Waals surface area (Å²) in [4.78, 5) is 137. The van der Waals surface area contributed by atoms with Crippen LogP contribution in [0.4, 0.5) is 0 Å². The van der Waals surface area contributed by atoms with Gasteiger partial charge in [0.15, 0.2) is 23.1 Å². The summed E-state index contributed by atoms with van der Waals surface area (Å²) in [5.74, 6) is -1.82. The first-order valence-corrected chi connectivity index (χ1v) is 32.3. The molecule has 0 fully saturated rings. The molecule has 11 aromatic rings. The zero-order chi connectivity index (χ0) is 71.7. The average Bonchev–Trinajstić information content (AvgIpc) is 0.837. The van der Waals surface area contributed by atoms with E-state index < -0.39 is 24.2 Å². The number of phenols is 1. The van der Waals surface area contributed by atoms with Gasteiger partial charge in [-0.3, -0.25) is 52.7 Å². The van der Waals surface area contributed by atoms with Crippen molar-refractivity contribution in [3.8, 4) is 5.75 Å². The predicted octanol–water partition coefficient (Wildman–Crippen LogP) is 10.4. The van der Waals surface area contributed by atoms with Crippen molar-refractivity contribution >= 4 is 85.2 Å². The lowest BCUT2D eigenvalue weighted by Crippen LogP contribution is -2.41. The number of ketones is 4. The molecule has 0 aliphatic heterocycles. The highest BCUT2D eigenvalue weighted by Crippen LogP contribution is 2.22. The standard InChI is InChI=1S/C21H19NO3.2C20H18N2O3.C20H22N2O3/c1-14(23)20(11-15-5-3-2-4-6-15)22-21(25)18-8-7-17-13-19(24)10-9-16(17)12-18;2*1-13(23)17(11-14-5-3-2-4-6-14)22-20(25)16-8-7-15-9-10-19(24)21-18(15)12-16;1-14(23)18(13-16-5-3-2-4-6-16)22-20(25)17-10-7-15(8-11-17)9-12-19(21)24/h2-10,12-13,20,24H,11H2,1H3,(H,22,25);2*2-10,12,17H,11H2,1H3,(H,21,24)(H,22,25);2-8,10-11,18H,9,12-13H2,1H3,(H2,21,24)(H,22,25). The lowest BCUT2D eigenvalue weighted by atomic mass is 10.0. The van der Waals surface area contributed by atoms with E-state index in [0.29, 0.717) is 65.4 Å². The maximum Gasteiger partial charge on any atom is 0.251 e. The third kappa shape index (κ3) is 22.6. The van der Waals surface area contributed by atoms with Crippen LogP contribution >= 0.6 is 0 Å². The Morgan fingerprint density at radius 3 is 0.970 bits per heavy atom. The molecule has 2 aromatic heterocycles. The number of nitrogens with one attached hydrogen (secondary N) is 6. The molecule has 19 nitrogen and oxygen atoms in total. The second-order valence-electron chi connectivity index (χ2n) is 24.0. The Balaban J connectivity index is 0.000000170. The molecule has 0 saturated carbocycles. The Morgan fingerprint density at radius 2 is 0.630 bits per heavy atom. The van der Waals surface area contributed by atoms with Crippen molar-refractivity contribution in [2.45, 2.75) is 90.4 Å². The van der Waals surface area contributed by atoms with Crippen molar-refractivity contribution in [2.24, 2.45) is 5.73 Å². The van der Waals surface area contributed by atoms with Gasteiger partial charge in [0.25, 0.3) is 23.6 Å². The van der Waals surface area contributed by atoms with Gasteiger partial charge in [-0.25, -0.2) is 0 Å². The topological polar surface area (TPSA) is 314 Å². The number of carbonyl (C=O) groups excluding carboxylic acids is 9. The van der Waals surface area contributed by atoms with Gasteiger partial charge in [0.1, 0.15) is 5.75 Å². The molecule has 9 aromatic carbocycles. The Bertz CT molecular complexity index is 4670. The summed E-state index contributed by atoms with van der Waals surface area (Å²) in [5, 5.41) is 24.1. The number of aromatic amines is 2. The van der Waals surface area contributed by atoms with E-state index in [0.717, 1.165) is 49.4 Å². The number of H-pyrrole nitrogens is 2. The highest BCUT2D eigenvalue weighted by Gasteiger charge is 2.23. The van der Waals surface area contributed by atoms with Crippen LogP contribution in [0.1, 0.15) is 103 Å². The van der Waals surface area contributed by atoms with Gasteiger partial charge >= 0.3 is 0 Å². The molecule has 0 aliphatic carbocycles. The van der Waals surface area contributed by atoms with Crippen LogP contribution in [-0.2, 0) is 56.1 Å². The number of aromatic hydroxyl groups is 1. The Labute approximate surface area is 577 Å². The fourth-order valence-corrected chi connectivity index (χ4v) is 10.6. The van der Waals surface area contributed by atoms with Crippen LogP contribution in [0.2, 0.25) is 0 Å². The summed E-state index contributed by atoms with van der Waals surface area (Å²) in [5.41, 5.74) is 12.5. The molecule has 5 amide bonds. The first kappa shape index (κ1) is 73.3. The van der Waals surface area contributed by atoms with Crippen molar-refractivity contribution in [3.05, 3.63) is 313 Å². The van der Waals surface area contributed by atoms with E-state index in [1.54, 1.807) is 109 Å². The molecule has 0 bridgehead atoms. The van der Waals surface area contributed by atoms with Crippen LogP contribution < -0.4 is 38.1 Å². The van der Waals surface area contributed by atoms with Crippen molar-refractivity contribution in [1.29, 1.82) is 0 Å². The molecule has 0 spiro atoms. The van der Waals surface area contributed by atoms with Crippen molar-refractivity contribution < 1.29 is 48.3 Å². The molecule has 4 unspecified atom stereocenters.